The number of carbonyl (C=O) groups excluding carboxylic acids is 2. The first-order chi connectivity index (χ1) is 13.6. The van der Waals surface area contributed by atoms with E-state index >= 15 is 0 Å². The van der Waals surface area contributed by atoms with Crippen LogP contribution in [-0.4, -0.2) is 29.8 Å². The highest BCUT2D eigenvalue weighted by Crippen LogP contribution is 2.38. The normalized spacial score (nSPS) is 18.5. The number of rotatable bonds is 4. The first kappa shape index (κ1) is 18.4. The minimum absolute atomic E-state index is 0.139. The molecule has 28 heavy (non-hydrogen) atoms. The van der Waals surface area contributed by atoms with Crippen molar-refractivity contribution in [2.45, 2.75) is 32.2 Å². The van der Waals surface area contributed by atoms with Gasteiger partial charge in [-0.25, -0.2) is 0 Å². The monoisotopic (exact) mass is 375 g/mol. The molecule has 1 atom stereocenters. The number of hydrogen-bond acceptors (Lipinski definition) is 3. The van der Waals surface area contributed by atoms with Crippen molar-refractivity contribution in [1.82, 2.24) is 4.90 Å². The third kappa shape index (κ3) is 3.99. The van der Waals surface area contributed by atoms with E-state index in [2.05, 4.69) is 27.7 Å². The molecule has 0 radical (unpaired) electrons. The topological polar surface area (TPSA) is 61.4 Å². The van der Waals surface area contributed by atoms with Crippen molar-refractivity contribution >= 4 is 29.3 Å². The van der Waals surface area contributed by atoms with Crippen LogP contribution in [0.1, 0.15) is 42.5 Å². The molecule has 0 aliphatic carbocycles. The fourth-order valence-corrected chi connectivity index (χ4v) is 4.22. The quantitative estimate of drug-likeness (QED) is 0.795. The summed E-state index contributed by atoms with van der Waals surface area (Å²) < 4.78 is 0. The SMILES string of the molecule is CC(=O)Nc1ccccc1/C=C/C(=O)Nc1ccc2c(c1)C1CCCN1CC2. The van der Waals surface area contributed by atoms with Crippen molar-refractivity contribution in [2.24, 2.45) is 0 Å². The number of nitrogens with one attached hydrogen (secondary N) is 2. The first-order valence-corrected chi connectivity index (χ1v) is 9.83. The maximum Gasteiger partial charge on any atom is 0.248 e. The molecule has 2 aromatic carbocycles. The highest BCUT2D eigenvalue weighted by atomic mass is 16.2. The smallest absolute Gasteiger partial charge is 0.248 e. The Morgan fingerprint density at radius 3 is 2.82 bits per heavy atom. The van der Waals surface area contributed by atoms with Gasteiger partial charge in [-0.15, -0.1) is 0 Å². The van der Waals surface area contributed by atoms with Gasteiger partial charge < -0.3 is 10.6 Å². The van der Waals surface area contributed by atoms with Crippen molar-refractivity contribution in [2.75, 3.05) is 23.7 Å². The molecule has 2 aliphatic rings. The van der Waals surface area contributed by atoms with Crippen molar-refractivity contribution in [1.29, 1.82) is 0 Å². The molecule has 2 amide bonds. The molecule has 0 saturated carbocycles. The number of amides is 2. The standard InChI is InChI=1S/C23H25N3O2/c1-16(27)24-21-6-3-2-5-18(21)9-11-23(28)25-19-10-8-17-12-14-26-13-4-7-22(26)20(17)15-19/h2-3,5-6,8-11,15,22H,4,7,12-14H2,1H3,(H,24,27)(H,25,28)/b11-9+. The molecule has 5 nitrogen and oxygen atoms in total. The van der Waals surface area contributed by atoms with Crippen molar-refractivity contribution < 1.29 is 9.59 Å². The molecule has 0 aromatic heterocycles. The van der Waals surface area contributed by atoms with Crippen LogP contribution in [0.5, 0.6) is 0 Å². The molecule has 144 valence electrons. The number of nitrogens with zero attached hydrogens (tertiary/aromatic N) is 1. The van der Waals surface area contributed by atoms with Crippen molar-refractivity contribution in [3.05, 3.63) is 65.2 Å². The zero-order valence-corrected chi connectivity index (χ0v) is 16.1. The van der Waals surface area contributed by atoms with E-state index in [1.807, 2.05) is 30.3 Å². The minimum atomic E-state index is -0.184. The lowest BCUT2D eigenvalue weighted by molar-refractivity contribution is -0.114. The fourth-order valence-electron chi connectivity index (χ4n) is 4.22. The van der Waals surface area contributed by atoms with Crippen LogP contribution in [0.3, 0.4) is 0 Å². The molecule has 0 spiro atoms. The van der Waals surface area contributed by atoms with E-state index in [4.69, 9.17) is 0 Å². The third-order valence-electron chi connectivity index (χ3n) is 5.49. The van der Waals surface area contributed by atoms with Crippen LogP contribution in [0.15, 0.2) is 48.5 Å². The molecule has 1 saturated heterocycles. The Morgan fingerprint density at radius 1 is 1.11 bits per heavy atom. The van der Waals surface area contributed by atoms with Crippen LogP contribution < -0.4 is 10.6 Å². The summed E-state index contributed by atoms with van der Waals surface area (Å²) in [4.78, 5) is 26.3. The Bertz CT molecular complexity index is 935. The minimum Gasteiger partial charge on any atom is -0.326 e. The summed E-state index contributed by atoms with van der Waals surface area (Å²) in [5.74, 6) is -0.322. The number of para-hydroxylation sites is 1. The molecule has 1 fully saturated rings. The molecule has 2 N–H and O–H groups in total. The largest absolute Gasteiger partial charge is 0.326 e. The Kier molecular flexibility index (Phi) is 5.26. The van der Waals surface area contributed by atoms with Gasteiger partial charge in [0.15, 0.2) is 0 Å². The van der Waals surface area contributed by atoms with Crippen LogP contribution in [0.2, 0.25) is 0 Å². The van der Waals surface area contributed by atoms with Gasteiger partial charge >= 0.3 is 0 Å². The molecule has 4 rings (SSSR count). The second-order valence-electron chi connectivity index (χ2n) is 7.45. The summed E-state index contributed by atoms with van der Waals surface area (Å²) in [7, 11) is 0. The number of hydrogen-bond donors (Lipinski definition) is 2. The van der Waals surface area contributed by atoms with Crippen LogP contribution in [-0.2, 0) is 16.0 Å². The van der Waals surface area contributed by atoms with Crippen LogP contribution >= 0.6 is 0 Å². The summed E-state index contributed by atoms with van der Waals surface area (Å²) in [5.41, 5.74) is 5.08. The van der Waals surface area contributed by atoms with E-state index in [-0.39, 0.29) is 11.8 Å². The molecular formula is C23H25N3O2. The molecule has 0 bridgehead atoms. The van der Waals surface area contributed by atoms with Crippen molar-refractivity contribution in [3.8, 4) is 0 Å². The lowest BCUT2D eigenvalue weighted by atomic mass is 9.92. The van der Waals surface area contributed by atoms with Gasteiger partial charge in [0.05, 0.1) is 0 Å². The summed E-state index contributed by atoms with van der Waals surface area (Å²) >= 11 is 0. The van der Waals surface area contributed by atoms with E-state index in [1.54, 1.807) is 6.08 Å². The van der Waals surface area contributed by atoms with Gasteiger partial charge in [-0.3, -0.25) is 14.5 Å². The number of carbonyl (C=O) groups is 2. The third-order valence-corrected chi connectivity index (χ3v) is 5.49. The summed E-state index contributed by atoms with van der Waals surface area (Å²) in [6, 6.07) is 14.2. The van der Waals surface area contributed by atoms with E-state index in [0.29, 0.717) is 11.7 Å². The summed E-state index contributed by atoms with van der Waals surface area (Å²) in [6.07, 6.45) is 6.75. The number of anilines is 2. The Labute approximate surface area is 165 Å². The second-order valence-corrected chi connectivity index (χ2v) is 7.45. The maximum absolute atomic E-state index is 12.4. The van der Waals surface area contributed by atoms with Crippen LogP contribution in [0.25, 0.3) is 6.08 Å². The maximum atomic E-state index is 12.4. The number of benzene rings is 2. The fraction of sp³-hybridized carbons (Fsp3) is 0.304. The molecule has 2 aliphatic heterocycles. The average Bonchev–Trinajstić information content (AvgIpc) is 3.16. The molecule has 1 unspecified atom stereocenters. The predicted molar refractivity (Wildman–Crippen MR) is 112 cm³/mol. The highest BCUT2D eigenvalue weighted by Gasteiger charge is 2.31. The Morgan fingerprint density at radius 2 is 1.96 bits per heavy atom. The van der Waals surface area contributed by atoms with Gasteiger partial charge in [-0.2, -0.15) is 0 Å². The van der Waals surface area contributed by atoms with Gasteiger partial charge in [-0.05, 0) is 66.8 Å². The Hall–Kier alpha value is -2.92. The van der Waals surface area contributed by atoms with Gasteiger partial charge in [0.2, 0.25) is 11.8 Å². The first-order valence-electron chi connectivity index (χ1n) is 9.83. The summed E-state index contributed by atoms with van der Waals surface area (Å²) in [5, 5.41) is 5.75. The van der Waals surface area contributed by atoms with Gasteiger partial charge in [-0.1, -0.05) is 24.3 Å². The van der Waals surface area contributed by atoms with E-state index < -0.39 is 0 Å². The lowest BCUT2D eigenvalue weighted by Gasteiger charge is -2.32. The predicted octanol–water partition coefficient (Wildman–Crippen LogP) is 3.99. The van der Waals surface area contributed by atoms with E-state index in [9.17, 15) is 9.59 Å². The highest BCUT2D eigenvalue weighted by molar-refractivity contribution is 6.03. The van der Waals surface area contributed by atoms with Crippen LogP contribution in [0.4, 0.5) is 11.4 Å². The molecule has 5 heteroatoms. The molecule has 2 aromatic rings. The van der Waals surface area contributed by atoms with Crippen molar-refractivity contribution in [3.63, 3.8) is 0 Å². The second kappa shape index (κ2) is 7.98. The average molecular weight is 375 g/mol. The molecule has 2 heterocycles. The molecular weight excluding hydrogens is 350 g/mol. The zero-order valence-electron chi connectivity index (χ0n) is 16.1. The number of fused-ring (bicyclic) bond motifs is 3. The Balaban J connectivity index is 1.47. The van der Waals surface area contributed by atoms with Crippen LogP contribution in [0, 0.1) is 0 Å². The van der Waals surface area contributed by atoms with Gasteiger partial charge in [0.25, 0.3) is 0 Å². The van der Waals surface area contributed by atoms with E-state index in [0.717, 1.165) is 24.2 Å². The lowest BCUT2D eigenvalue weighted by Crippen LogP contribution is -2.30. The van der Waals surface area contributed by atoms with Gasteiger partial charge in [0.1, 0.15) is 0 Å². The van der Waals surface area contributed by atoms with Gasteiger partial charge in [0, 0.05) is 37.0 Å². The van der Waals surface area contributed by atoms with E-state index in [1.165, 1.54) is 43.5 Å². The summed E-state index contributed by atoms with van der Waals surface area (Å²) in [6.45, 7) is 3.78. The zero-order chi connectivity index (χ0) is 19.5.